The van der Waals surface area contributed by atoms with Crippen LogP contribution >= 0.6 is 0 Å². The molecule has 0 saturated carbocycles. The van der Waals surface area contributed by atoms with Crippen molar-refractivity contribution in [2.24, 2.45) is 5.73 Å². The van der Waals surface area contributed by atoms with Gasteiger partial charge in [-0.3, -0.25) is 14.4 Å². The summed E-state index contributed by atoms with van der Waals surface area (Å²) in [6.45, 7) is 0. The summed E-state index contributed by atoms with van der Waals surface area (Å²) in [6, 6.07) is 21.8. The fourth-order valence-electron chi connectivity index (χ4n) is 2.81. The zero-order chi connectivity index (χ0) is 20.8. The highest BCUT2D eigenvalue weighted by Crippen LogP contribution is 2.21. The summed E-state index contributed by atoms with van der Waals surface area (Å²) in [5.41, 5.74) is 13.5. The van der Waals surface area contributed by atoms with E-state index in [-0.39, 0.29) is 5.91 Å². The summed E-state index contributed by atoms with van der Waals surface area (Å²) >= 11 is 0. The van der Waals surface area contributed by atoms with Crippen molar-refractivity contribution in [2.75, 3.05) is 16.4 Å². The number of nitrogens with two attached hydrogens (primary N) is 2. The Morgan fingerprint density at radius 1 is 0.759 bits per heavy atom. The molecule has 0 aromatic heterocycles. The Hall–Kier alpha value is -4.13. The molecule has 0 fully saturated rings. The van der Waals surface area contributed by atoms with Gasteiger partial charge in [0.05, 0.1) is 11.4 Å². The third-order valence-corrected chi connectivity index (χ3v) is 4.30. The second-order valence-corrected chi connectivity index (χ2v) is 6.35. The molecular weight excluding hydrogens is 368 g/mol. The first kappa shape index (κ1) is 19.6. The quantitative estimate of drug-likeness (QED) is 0.382. The van der Waals surface area contributed by atoms with Gasteiger partial charge in [-0.1, -0.05) is 42.5 Å². The lowest BCUT2D eigenvalue weighted by Gasteiger charge is -2.15. The van der Waals surface area contributed by atoms with Crippen molar-refractivity contribution in [3.05, 3.63) is 90.0 Å². The molecule has 0 aliphatic carbocycles. The highest BCUT2D eigenvalue weighted by atomic mass is 16.2. The van der Waals surface area contributed by atoms with Crippen LogP contribution in [-0.2, 0) is 9.59 Å². The summed E-state index contributed by atoms with van der Waals surface area (Å²) in [6.07, 6.45) is 0. The average molecular weight is 388 g/mol. The SMILES string of the molecule is NC(=O)C(C(=O)Nc1ccccc1)c1ccc(C(=O)Nc2ccccc2N)cc1. The molecule has 0 spiro atoms. The molecule has 3 aromatic carbocycles. The average Bonchev–Trinajstić information content (AvgIpc) is 2.71. The van der Waals surface area contributed by atoms with Crippen molar-refractivity contribution in [1.29, 1.82) is 0 Å². The van der Waals surface area contributed by atoms with Gasteiger partial charge in [0, 0.05) is 11.3 Å². The van der Waals surface area contributed by atoms with Crippen molar-refractivity contribution >= 4 is 34.8 Å². The van der Waals surface area contributed by atoms with Gasteiger partial charge in [-0.2, -0.15) is 0 Å². The lowest BCUT2D eigenvalue weighted by atomic mass is 9.96. The maximum Gasteiger partial charge on any atom is 0.255 e. The molecule has 1 atom stereocenters. The van der Waals surface area contributed by atoms with Gasteiger partial charge in [-0.15, -0.1) is 0 Å². The highest BCUT2D eigenvalue weighted by Gasteiger charge is 2.26. The van der Waals surface area contributed by atoms with E-state index in [0.29, 0.717) is 28.2 Å². The van der Waals surface area contributed by atoms with Crippen LogP contribution in [0.15, 0.2) is 78.9 Å². The molecule has 0 aliphatic heterocycles. The number of primary amides is 1. The summed E-state index contributed by atoms with van der Waals surface area (Å²) in [5.74, 6) is -2.87. The smallest absolute Gasteiger partial charge is 0.255 e. The lowest BCUT2D eigenvalue weighted by Crippen LogP contribution is -2.32. The van der Waals surface area contributed by atoms with Gasteiger partial charge in [-0.25, -0.2) is 0 Å². The first-order chi connectivity index (χ1) is 14.0. The largest absolute Gasteiger partial charge is 0.397 e. The molecule has 3 amide bonds. The predicted molar refractivity (Wildman–Crippen MR) is 112 cm³/mol. The zero-order valence-corrected chi connectivity index (χ0v) is 15.5. The molecule has 3 rings (SSSR count). The van der Waals surface area contributed by atoms with Gasteiger partial charge in [0.2, 0.25) is 11.8 Å². The third kappa shape index (κ3) is 4.78. The van der Waals surface area contributed by atoms with Crippen molar-refractivity contribution in [1.82, 2.24) is 0 Å². The third-order valence-electron chi connectivity index (χ3n) is 4.30. The first-order valence-corrected chi connectivity index (χ1v) is 8.87. The molecule has 0 heterocycles. The van der Waals surface area contributed by atoms with E-state index in [1.807, 2.05) is 6.07 Å². The topological polar surface area (TPSA) is 127 Å². The van der Waals surface area contributed by atoms with Crippen LogP contribution in [0.5, 0.6) is 0 Å². The van der Waals surface area contributed by atoms with E-state index < -0.39 is 17.7 Å². The number of carbonyl (C=O) groups excluding carboxylic acids is 3. The number of rotatable bonds is 6. The number of hydrogen-bond donors (Lipinski definition) is 4. The molecule has 146 valence electrons. The van der Waals surface area contributed by atoms with E-state index in [0.717, 1.165) is 0 Å². The van der Waals surface area contributed by atoms with E-state index in [2.05, 4.69) is 10.6 Å². The number of anilines is 3. The molecule has 0 radical (unpaired) electrons. The summed E-state index contributed by atoms with van der Waals surface area (Å²) < 4.78 is 0. The fourth-order valence-corrected chi connectivity index (χ4v) is 2.81. The van der Waals surface area contributed by atoms with Crippen LogP contribution in [0.3, 0.4) is 0 Å². The van der Waals surface area contributed by atoms with Gasteiger partial charge in [0.15, 0.2) is 0 Å². The predicted octanol–water partition coefficient (Wildman–Crippen LogP) is 2.73. The minimum Gasteiger partial charge on any atom is -0.397 e. The number of carbonyl (C=O) groups is 3. The molecule has 0 aliphatic rings. The van der Waals surface area contributed by atoms with Gasteiger partial charge >= 0.3 is 0 Å². The van der Waals surface area contributed by atoms with Crippen LogP contribution in [0.4, 0.5) is 17.1 Å². The van der Waals surface area contributed by atoms with Crippen LogP contribution in [0.1, 0.15) is 21.8 Å². The second-order valence-electron chi connectivity index (χ2n) is 6.35. The van der Waals surface area contributed by atoms with E-state index in [9.17, 15) is 14.4 Å². The molecule has 0 saturated heterocycles. The van der Waals surface area contributed by atoms with Crippen LogP contribution in [0, 0.1) is 0 Å². The monoisotopic (exact) mass is 388 g/mol. The van der Waals surface area contributed by atoms with E-state index >= 15 is 0 Å². The first-order valence-electron chi connectivity index (χ1n) is 8.87. The Morgan fingerprint density at radius 2 is 1.38 bits per heavy atom. The normalized spacial score (nSPS) is 11.3. The number of nitrogens with one attached hydrogen (secondary N) is 2. The van der Waals surface area contributed by atoms with Gasteiger partial charge in [0.25, 0.3) is 5.91 Å². The highest BCUT2D eigenvalue weighted by molar-refractivity contribution is 6.11. The van der Waals surface area contributed by atoms with Crippen molar-refractivity contribution in [3.63, 3.8) is 0 Å². The Bertz CT molecular complexity index is 1030. The number of para-hydroxylation sites is 3. The summed E-state index contributed by atoms with van der Waals surface area (Å²) in [4.78, 5) is 36.9. The van der Waals surface area contributed by atoms with E-state index in [1.165, 1.54) is 24.3 Å². The maximum absolute atomic E-state index is 12.5. The molecule has 6 N–H and O–H groups in total. The van der Waals surface area contributed by atoms with Crippen LogP contribution < -0.4 is 22.1 Å². The zero-order valence-electron chi connectivity index (χ0n) is 15.5. The Balaban J connectivity index is 1.76. The maximum atomic E-state index is 12.5. The Kier molecular flexibility index (Phi) is 5.89. The molecule has 29 heavy (non-hydrogen) atoms. The van der Waals surface area contributed by atoms with E-state index in [4.69, 9.17) is 11.5 Å². The van der Waals surface area contributed by atoms with Gasteiger partial charge in [-0.05, 0) is 42.0 Å². The van der Waals surface area contributed by atoms with Crippen molar-refractivity contribution in [2.45, 2.75) is 5.92 Å². The molecule has 3 aromatic rings. The molecular formula is C22H20N4O3. The standard InChI is InChI=1S/C22H20N4O3/c23-17-8-4-5-9-18(17)26-21(28)15-12-10-14(11-13-15)19(20(24)27)22(29)25-16-6-2-1-3-7-16/h1-13,19H,23H2,(H2,24,27)(H,25,29)(H,26,28). The van der Waals surface area contributed by atoms with Crippen molar-refractivity contribution in [3.8, 4) is 0 Å². The fraction of sp³-hybridized carbons (Fsp3) is 0.0455. The Morgan fingerprint density at radius 3 is 2.00 bits per heavy atom. The van der Waals surface area contributed by atoms with Crippen molar-refractivity contribution < 1.29 is 14.4 Å². The van der Waals surface area contributed by atoms with E-state index in [1.54, 1.807) is 48.5 Å². The Labute approximate surface area is 167 Å². The summed E-state index contributed by atoms with van der Waals surface area (Å²) in [5, 5.41) is 5.38. The number of hydrogen-bond acceptors (Lipinski definition) is 4. The molecule has 0 bridgehead atoms. The second kappa shape index (κ2) is 8.71. The van der Waals surface area contributed by atoms with Crippen LogP contribution in [-0.4, -0.2) is 17.7 Å². The van der Waals surface area contributed by atoms with Gasteiger partial charge in [0.1, 0.15) is 5.92 Å². The summed E-state index contributed by atoms with van der Waals surface area (Å²) in [7, 11) is 0. The minimum atomic E-state index is -1.18. The van der Waals surface area contributed by atoms with Crippen LogP contribution in [0.25, 0.3) is 0 Å². The number of benzene rings is 3. The minimum absolute atomic E-state index is 0.351. The molecule has 1 unspecified atom stereocenters. The number of nitrogen functional groups attached to an aromatic ring is 1. The number of amides is 3. The molecule has 7 nitrogen and oxygen atoms in total. The lowest BCUT2D eigenvalue weighted by molar-refractivity contribution is -0.127. The molecule has 7 heteroatoms. The van der Waals surface area contributed by atoms with Gasteiger partial charge < -0.3 is 22.1 Å². The van der Waals surface area contributed by atoms with Crippen LogP contribution in [0.2, 0.25) is 0 Å².